The molecule has 0 radical (unpaired) electrons. The Morgan fingerprint density at radius 3 is 2.06 bits per heavy atom. The highest BCUT2D eigenvalue weighted by atomic mass is 16.3. The molecule has 5 rings (SSSR count). The van der Waals surface area contributed by atoms with Crippen LogP contribution in [0.3, 0.4) is 0 Å². The van der Waals surface area contributed by atoms with Gasteiger partial charge >= 0.3 is 6.03 Å². The Balaban J connectivity index is 1.34. The van der Waals surface area contributed by atoms with E-state index in [-0.39, 0.29) is 31.6 Å². The SMILES string of the molecule is O=C1N(Cc2cccc(-c3ccccc3)c2)C(=O)C2(CCN(Cc3ccccc3)CC2)N1CCO. The Kier molecular flexibility index (Phi) is 6.66. The number of β-amino-alcohol motifs (C(OH)–C–C–N with tert-alkyl or cyclic N) is 1. The molecule has 1 N–H and O–H groups in total. The third-order valence-electron chi connectivity index (χ3n) is 7.25. The summed E-state index contributed by atoms with van der Waals surface area (Å²) in [6.07, 6.45) is 1.15. The Hall–Kier alpha value is -3.48. The number of likely N-dealkylation sites (tertiary alicyclic amines) is 1. The van der Waals surface area contributed by atoms with E-state index in [1.54, 1.807) is 4.90 Å². The summed E-state index contributed by atoms with van der Waals surface area (Å²) in [5, 5.41) is 9.70. The van der Waals surface area contributed by atoms with Crippen molar-refractivity contribution in [3.8, 4) is 11.1 Å². The third kappa shape index (κ3) is 4.59. The van der Waals surface area contributed by atoms with Crippen LogP contribution in [0.1, 0.15) is 24.0 Å². The number of hydrogen-bond acceptors (Lipinski definition) is 4. The van der Waals surface area contributed by atoms with E-state index in [9.17, 15) is 14.7 Å². The van der Waals surface area contributed by atoms with Crippen molar-refractivity contribution in [2.45, 2.75) is 31.5 Å². The van der Waals surface area contributed by atoms with Crippen LogP contribution < -0.4 is 0 Å². The third-order valence-corrected chi connectivity index (χ3v) is 7.25. The molecule has 0 unspecified atom stereocenters. The lowest BCUT2D eigenvalue weighted by Crippen LogP contribution is -2.57. The molecule has 2 aliphatic rings. The number of imide groups is 1. The summed E-state index contributed by atoms with van der Waals surface area (Å²) in [5.74, 6) is -0.138. The van der Waals surface area contributed by atoms with Crippen LogP contribution in [-0.4, -0.2) is 63.5 Å². The Morgan fingerprint density at radius 2 is 1.37 bits per heavy atom. The first kappa shape index (κ1) is 23.3. The second-order valence-electron chi connectivity index (χ2n) is 9.41. The quantitative estimate of drug-likeness (QED) is 0.528. The summed E-state index contributed by atoms with van der Waals surface area (Å²) in [7, 11) is 0. The Bertz CT molecular complexity index is 1170. The molecule has 0 atom stereocenters. The fourth-order valence-electron chi connectivity index (χ4n) is 5.40. The molecule has 180 valence electrons. The number of aliphatic hydroxyl groups excluding tert-OH is 1. The van der Waals surface area contributed by atoms with E-state index >= 15 is 0 Å². The number of benzene rings is 3. The van der Waals surface area contributed by atoms with Gasteiger partial charge in [-0.2, -0.15) is 0 Å². The van der Waals surface area contributed by atoms with Crippen LogP contribution in [0, 0.1) is 0 Å². The van der Waals surface area contributed by atoms with E-state index in [2.05, 4.69) is 17.0 Å². The largest absolute Gasteiger partial charge is 0.395 e. The summed E-state index contributed by atoms with van der Waals surface area (Å²) in [6, 6.07) is 28.1. The molecular formula is C29H31N3O3. The lowest BCUT2D eigenvalue weighted by Gasteiger charge is -2.42. The van der Waals surface area contributed by atoms with Crippen LogP contribution in [0.5, 0.6) is 0 Å². The van der Waals surface area contributed by atoms with Crippen molar-refractivity contribution in [3.05, 3.63) is 96.1 Å². The average Bonchev–Trinajstić information content (AvgIpc) is 3.08. The van der Waals surface area contributed by atoms with E-state index in [1.165, 1.54) is 10.5 Å². The molecule has 2 fully saturated rings. The fourth-order valence-corrected chi connectivity index (χ4v) is 5.40. The van der Waals surface area contributed by atoms with E-state index < -0.39 is 5.54 Å². The highest BCUT2D eigenvalue weighted by Gasteiger charge is 2.57. The van der Waals surface area contributed by atoms with Crippen LogP contribution in [0.2, 0.25) is 0 Å². The van der Waals surface area contributed by atoms with Crippen molar-refractivity contribution in [2.24, 2.45) is 0 Å². The van der Waals surface area contributed by atoms with Gasteiger partial charge in [0.05, 0.1) is 13.2 Å². The number of piperidine rings is 1. The fraction of sp³-hybridized carbons (Fsp3) is 0.310. The molecule has 6 heteroatoms. The minimum atomic E-state index is -0.871. The van der Waals surface area contributed by atoms with Crippen molar-refractivity contribution in [1.82, 2.24) is 14.7 Å². The first-order valence-corrected chi connectivity index (χ1v) is 12.3. The van der Waals surface area contributed by atoms with E-state index in [1.807, 2.05) is 72.8 Å². The number of amides is 3. The van der Waals surface area contributed by atoms with Crippen LogP contribution in [0.15, 0.2) is 84.9 Å². The molecule has 2 aliphatic heterocycles. The number of nitrogens with zero attached hydrogens (tertiary/aromatic N) is 3. The van der Waals surface area contributed by atoms with E-state index in [0.29, 0.717) is 12.8 Å². The monoisotopic (exact) mass is 469 g/mol. The highest BCUT2D eigenvalue weighted by molar-refractivity contribution is 6.07. The van der Waals surface area contributed by atoms with Gasteiger partial charge in [-0.1, -0.05) is 78.9 Å². The molecule has 0 saturated carbocycles. The van der Waals surface area contributed by atoms with Crippen molar-refractivity contribution >= 4 is 11.9 Å². The molecule has 3 aromatic rings. The lowest BCUT2D eigenvalue weighted by molar-refractivity contribution is -0.136. The lowest BCUT2D eigenvalue weighted by atomic mass is 9.85. The van der Waals surface area contributed by atoms with Crippen molar-refractivity contribution in [3.63, 3.8) is 0 Å². The summed E-state index contributed by atoms with van der Waals surface area (Å²) in [6.45, 7) is 2.53. The average molecular weight is 470 g/mol. The molecule has 3 aromatic carbocycles. The van der Waals surface area contributed by atoms with Gasteiger partial charge < -0.3 is 10.0 Å². The number of carbonyl (C=O) groups is 2. The minimum Gasteiger partial charge on any atom is -0.395 e. The topological polar surface area (TPSA) is 64.1 Å². The maximum Gasteiger partial charge on any atom is 0.328 e. The molecule has 3 amide bonds. The summed E-state index contributed by atoms with van der Waals surface area (Å²) >= 11 is 0. The van der Waals surface area contributed by atoms with Crippen molar-refractivity contribution in [1.29, 1.82) is 0 Å². The zero-order valence-electron chi connectivity index (χ0n) is 19.8. The van der Waals surface area contributed by atoms with Gasteiger partial charge in [0.1, 0.15) is 5.54 Å². The molecule has 35 heavy (non-hydrogen) atoms. The predicted octanol–water partition coefficient (Wildman–Crippen LogP) is 4.14. The van der Waals surface area contributed by atoms with Gasteiger partial charge in [-0.3, -0.25) is 14.6 Å². The van der Waals surface area contributed by atoms with Crippen LogP contribution >= 0.6 is 0 Å². The molecule has 0 aliphatic carbocycles. The zero-order chi connectivity index (χ0) is 24.3. The standard InChI is InChI=1S/C29H31N3O3/c33-19-18-32-28(35)31(22-24-10-7-13-26(20-24)25-11-5-2-6-12-25)27(34)29(32)14-16-30(17-15-29)21-23-8-3-1-4-9-23/h1-13,20,33H,14-19,21-22H2. The Labute approximate surface area is 206 Å². The number of aliphatic hydroxyl groups is 1. The highest BCUT2D eigenvalue weighted by Crippen LogP contribution is 2.38. The first-order chi connectivity index (χ1) is 17.1. The van der Waals surface area contributed by atoms with Crippen LogP contribution in [-0.2, 0) is 17.9 Å². The second-order valence-corrected chi connectivity index (χ2v) is 9.41. The molecule has 2 saturated heterocycles. The Morgan fingerprint density at radius 1 is 0.743 bits per heavy atom. The van der Waals surface area contributed by atoms with Crippen LogP contribution in [0.25, 0.3) is 11.1 Å². The van der Waals surface area contributed by atoms with Crippen molar-refractivity contribution < 1.29 is 14.7 Å². The molecule has 0 bridgehead atoms. The van der Waals surface area contributed by atoms with Gasteiger partial charge in [0.25, 0.3) is 5.91 Å². The molecule has 6 nitrogen and oxygen atoms in total. The number of hydrogen-bond donors (Lipinski definition) is 1. The van der Waals surface area contributed by atoms with Gasteiger partial charge in [-0.05, 0) is 41.2 Å². The van der Waals surface area contributed by atoms with Gasteiger partial charge in [-0.15, -0.1) is 0 Å². The first-order valence-electron chi connectivity index (χ1n) is 12.3. The molecule has 0 aromatic heterocycles. The normalized spacial score (nSPS) is 18.0. The number of urea groups is 1. The van der Waals surface area contributed by atoms with Gasteiger partial charge in [0, 0.05) is 26.2 Å². The maximum atomic E-state index is 13.8. The number of carbonyl (C=O) groups excluding carboxylic acids is 2. The van der Waals surface area contributed by atoms with Gasteiger partial charge in [-0.25, -0.2) is 4.79 Å². The van der Waals surface area contributed by atoms with E-state index in [4.69, 9.17) is 0 Å². The minimum absolute atomic E-state index is 0.138. The van der Waals surface area contributed by atoms with Crippen molar-refractivity contribution in [2.75, 3.05) is 26.2 Å². The smallest absolute Gasteiger partial charge is 0.328 e. The predicted molar refractivity (Wildman–Crippen MR) is 135 cm³/mol. The molecule has 2 heterocycles. The number of rotatable bonds is 7. The van der Waals surface area contributed by atoms with Gasteiger partial charge in [0.15, 0.2) is 0 Å². The van der Waals surface area contributed by atoms with Crippen LogP contribution in [0.4, 0.5) is 4.79 Å². The summed E-state index contributed by atoms with van der Waals surface area (Å²) in [5.41, 5.74) is 3.43. The molecular weight excluding hydrogens is 438 g/mol. The summed E-state index contributed by atoms with van der Waals surface area (Å²) < 4.78 is 0. The van der Waals surface area contributed by atoms with E-state index in [0.717, 1.165) is 36.3 Å². The zero-order valence-corrected chi connectivity index (χ0v) is 19.8. The second kappa shape index (κ2) is 10.0. The summed E-state index contributed by atoms with van der Waals surface area (Å²) in [4.78, 5) is 32.5. The maximum absolute atomic E-state index is 13.8. The molecule has 1 spiro atoms. The van der Waals surface area contributed by atoms with Gasteiger partial charge in [0.2, 0.25) is 0 Å².